The molecule has 98 valence electrons. The summed E-state index contributed by atoms with van der Waals surface area (Å²) in [5.74, 6) is 0.670. The zero-order valence-corrected chi connectivity index (χ0v) is 11.7. The molecule has 0 saturated carbocycles. The van der Waals surface area contributed by atoms with Gasteiger partial charge in [0.05, 0.1) is 0 Å². The van der Waals surface area contributed by atoms with Crippen LogP contribution in [0.15, 0.2) is 48.5 Å². The molecule has 0 aliphatic heterocycles. The number of nitrogens with one attached hydrogen (secondary N) is 1. The van der Waals surface area contributed by atoms with Crippen LogP contribution in [0.3, 0.4) is 0 Å². The Morgan fingerprint density at radius 2 is 1.53 bits per heavy atom. The second-order valence-electron chi connectivity index (χ2n) is 5.56. The molecule has 1 N–H and O–H groups in total. The highest BCUT2D eigenvalue weighted by molar-refractivity contribution is 5.36. The highest BCUT2D eigenvalue weighted by atomic mass is 14.9. The normalized spacial score (nSPS) is 16.3. The molecule has 19 heavy (non-hydrogen) atoms. The van der Waals surface area contributed by atoms with E-state index in [0.717, 1.165) is 0 Å². The number of fused-ring (bicyclic) bond motifs is 1. The van der Waals surface area contributed by atoms with Crippen LogP contribution in [0.1, 0.15) is 28.3 Å². The minimum Gasteiger partial charge on any atom is -0.313 e. The summed E-state index contributed by atoms with van der Waals surface area (Å²) in [4.78, 5) is 0. The van der Waals surface area contributed by atoms with E-state index in [4.69, 9.17) is 0 Å². The minimum absolute atomic E-state index is 0.452. The van der Waals surface area contributed by atoms with Crippen LogP contribution in [-0.2, 0) is 12.8 Å². The van der Waals surface area contributed by atoms with E-state index in [-0.39, 0.29) is 0 Å². The molecule has 0 saturated heterocycles. The molecule has 0 heterocycles. The van der Waals surface area contributed by atoms with Crippen molar-refractivity contribution < 1.29 is 0 Å². The smallest absolute Gasteiger partial charge is 0.0355 e. The van der Waals surface area contributed by atoms with E-state index in [0.29, 0.717) is 12.0 Å². The Morgan fingerprint density at radius 3 is 2.11 bits per heavy atom. The number of benzene rings is 2. The van der Waals surface area contributed by atoms with Crippen LogP contribution in [0.4, 0.5) is 0 Å². The number of aryl methyl sites for hydroxylation is 1. The second kappa shape index (κ2) is 5.18. The van der Waals surface area contributed by atoms with Crippen molar-refractivity contribution in [2.45, 2.75) is 25.8 Å². The predicted molar refractivity (Wildman–Crippen MR) is 80.3 cm³/mol. The fourth-order valence-corrected chi connectivity index (χ4v) is 3.41. The first-order valence-electron chi connectivity index (χ1n) is 7.09. The van der Waals surface area contributed by atoms with Crippen LogP contribution in [0.5, 0.6) is 0 Å². The Labute approximate surface area is 115 Å². The third kappa shape index (κ3) is 2.31. The summed E-state index contributed by atoms with van der Waals surface area (Å²) in [7, 11) is 2.08. The van der Waals surface area contributed by atoms with Crippen molar-refractivity contribution in [2.24, 2.45) is 5.92 Å². The zero-order valence-electron chi connectivity index (χ0n) is 11.7. The highest BCUT2D eigenvalue weighted by Gasteiger charge is 2.29. The Kier molecular flexibility index (Phi) is 3.39. The third-order valence-corrected chi connectivity index (χ3v) is 4.39. The lowest BCUT2D eigenvalue weighted by Gasteiger charge is -2.25. The van der Waals surface area contributed by atoms with Crippen LogP contribution in [-0.4, -0.2) is 7.05 Å². The summed E-state index contributed by atoms with van der Waals surface area (Å²) >= 11 is 0. The molecule has 1 atom stereocenters. The quantitative estimate of drug-likeness (QED) is 0.877. The summed E-state index contributed by atoms with van der Waals surface area (Å²) in [6, 6.07) is 18.1. The Balaban J connectivity index is 1.88. The van der Waals surface area contributed by atoms with Gasteiger partial charge in [0.15, 0.2) is 0 Å². The van der Waals surface area contributed by atoms with Gasteiger partial charge in [-0.15, -0.1) is 0 Å². The van der Waals surface area contributed by atoms with Gasteiger partial charge in [-0.25, -0.2) is 0 Å². The van der Waals surface area contributed by atoms with E-state index in [2.05, 4.69) is 67.8 Å². The molecule has 0 spiro atoms. The lowest BCUT2D eigenvalue weighted by molar-refractivity contribution is 0.396. The predicted octanol–water partition coefficient (Wildman–Crippen LogP) is 3.67. The van der Waals surface area contributed by atoms with E-state index in [1.165, 1.54) is 35.1 Å². The van der Waals surface area contributed by atoms with Gasteiger partial charge >= 0.3 is 0 Å². The van der Waals surface area contributed by atoms with E-state index >= 15 is 0 Å². The molecule has 0 amide bonds. The molecule has 1 heteroatoms. The molecule has 1 unspecified atom stereocenters. The van der Waals surface area contributed by atoms with Crippen molar-refractivity contribution in [1.29, 1.82) is 0 Å². The molecule has 0 aromatic heterocycles. The SMILES string of the molecule is CNC(c1ccccc1C)C1Cc2ccccc2C1. The summed E-state index contributed by atoms with van der Waals surface area (Å²) in [6.07, 6.45) is 2.38. The molecular formula is C18H21N. The van der Waals surface area contributed by atoms with Crippen molar-refractivity contribution >= 4 is 0 Å². The van der Waals surface area contributed by atoms with Gasteiger partial charge in [0.2, 0.25) is 0 Å². The summed E-state index contributed by atoms with van der Waals surface area (Å²) in [5, 5.41) is 3.54. The maximum Gasteiger partial charge on any atom is 0.0355 e. The Hall–Kier alpha value is -1.60. The maximum absolute atomic E-state index is 3.54. The molecule has 2 aromatic rings. The van der Waals surface area contributed by atoms with Gasteiger partial charge in [-0.1, -0.05) is 48.5 Å². The maximum atomic E-state index is 3.54. The average Bonchev–Trinajstić information content (AvgIpc) is 2.85. The first-order valence-corrected chi connectivity index (χ1v) is 7.09. The fraction of sp³-hybridized carbons (Fsp3) is 0.333. The molecule has 0 fully saturated rings. The largest absolute Gasteiger partial charge is 0.313 e. The lowest BCUT2D eigenvalue weighted by Crippen LogP contribution is -2.26. The summed E-state index contributed by atoms with van der Waals surface area (Å²) < 4.78 is 0. The van der Waals surface area contributed by atoms with E-state index < -0.39 is 0 Å². The van der Waals surface area contributed by atoms with Crippen molar-refractivity contribution in [1.82, 2.24) is 5.32 Å². The average molecular weight is 251 g/mol. The van der Waals surface area contributed by atoms with Crippen LogP contribution in [0.2, 0.25) is 0 Å². The molecule has 0 radical (unpaired) electrons. The van der Waals surface area contributed by atoms with Crippen LogP contribution >= 0.6 is 0 Å². The van der Waals surface area contributed by atoms with Crippen LogP contribution in [0.25, 0.3) is 0 Å². The van der Waals surface area contributed by atoms with Gasteiger partial charge in [-0.05, 0) is 55.0 Å². The van der Waals surface area contributed by atoms with Crippen LogP contribution in [0, 0.1) is 12.8 Å². The third-order valence-electron chi connectivity index (χ3n) is 4.39. The first-order chi connectivity index (χ1) is 9.29. The number of hydrogen-bond donors (Lipinski definition) is 1. The zero-order chi connectivity index (χ0) is 13.2. The number of rotatable bonds is 3. The van der Waals surface area contributed by atoms with Gasteiger partial charge in [0.25, 0.3) is 0 Å². The molecule has 3 rings (SSSR count). The summed E-state index contributed by atoms with van der Waals surface area (Å²) in [5.41, 5.74) is 5.89. The number of hydrogen-bond acceptors (Lipinski definition) is 1. The lowest BCUT2D eigenvalue weighted by atomic mass is 9.88. The van der Waals surface area contributed by atoms with Crippen molar-refractivity contribution in [2.75, 3.05) is 7.05 Å². The first kappa shape index (κ1) is 12.4. The van der Waals surface area contributed by atoms with Gasteiger partial charge in [0, 0.05) is 6.04 Å². The minimum atomic E-state index is 0.452. The molecule has 1 aliphatic rings. The monoisotopic (exact) mass is 251 g/mol. The van der Waals surface area contributed by atoms with Gasteiger partial charge in [-0.3, -0.25) is 0 Å². The fourth-order valence-electron chi connectivity index (χ4n) is 3.41. The second-order valence-corrected chi connectivity index (χ2v) is 5.56. The van der Waals surface area contributed by atoms with Gasteiger partial charge < -0.3 is 5.32 Å². The molecule has 1 nitrogen and oxygen atoms in total. The molecular weight excluding hydrogens is 230 g/mol. The van der Waals surface area contributed by atoms with Crippen molar-refractivity contribution in [3.05, 3.63) is 70.8 Å². The van der Waals surface area contributed by atoms with E-state index in [1.807, 2.05) is 0 Å². The van der Waals surface area contributed by atoms with E-state index in [9.17, 15) is 0 Å². The van der Waals surface area contributed by atoms with Gasteiger partial charge in [-0.2, -0.15) is 0 Å². The highest BCUT2D eigenvalue weighted by Crippen LogP contribution is 2.35. The standard InChI is InChI=1S/C18H21N/c1-13-7-3-6-10-17(13)18(19-2)16-11-14-8-4-5-9-15(14)12-16/h3-10,16,18-19H,11-12H2,1-2H3. The molecule has 1 aliphatic carbocycles. The Morgan fingerprint density at radius 1 is 0.947 bits per heavy atom. The molecule has 2 aromatic carbocycles. The van der Waals surface area contributed by atoms with Crippen LogP contribution < -0.4 is 5.32 Å². The van der Waals surface area contributed by atoms with Crippen molar-refractivity contribution in [3.63, 3.8) is 0 Å². The van der Waals surface area contributed by atoms with Crippen molar-refractivity contribution in [3.8, 4) is 0 Å². The topological polar surface area (TPSA) is 12.0 Å². The Bertz CT molecular complexity index is 548. The summed E-state index contributed by atoms with van der Waals surface area (Å²) in [6.45, 7) is 2.21. The van der Waals surface area contributed by atoms with E-state index in [1.54, 1.807) is 0 Å². The van der Waals surface area contributed by atoms with Gasteiger partial charge in [0.1, 0.15) is 0 Å². The molecule has 0 bridgehead atoms.